The maximum Gasteiger partial charge on any atom is 0.124 e. The van der Waals surface area contributed by atoms with E-state index >= 15 is 0 Å². The second-order valence-corrected chi connectivity index (χ2v) is 6.14. The van der Waals surface area contributed by atoms with Gasteiger partial charge in [-0.1, -0.05) is 6.07 Å². The summed E-state index contributed by atoms with van der Waals surface area (Å²) < 4.78 is 0. The molecule has 1 aromatic carbocycles. The molecule has 4 heteroatoms. The fourth-order valence-electron chi connectivity index (χ4n) is 3.26. The highest BCUT2D eigenvalue weighted by Crippen LogP contribution is 2.38. The predicted molar refractivity (Wildman–Crippen MR) is 78.9 cm³/mol. The van der Waals surface area contributed by atoms with Gasteiger partial charge in [0, 0.05) is 36.3 Å². The first-order chi connectivity index (χ1) is 9.65. The molecular formula is C16H24N2O2. The fourth-order valence-corrected chi connectivity index (χ4v) is 3.26. The van der Waals surface area contributed by atoms with Crippen LogP contribution in [0.3, 0.4) is 0 Å². The number of nitrogens with zero attached hydrogens (tertiary/aromatic N) is 1. The van der Waals surface area contributed by atoms with E-state index in [1.807, 2.05) is 6.07 Å². The van der Waals surface area contributed by atoms with Crippen LogP contribution in [0.4, 0.5) is 0 Å². The molecule has 1 saturated heterocycles. The van der Waals surface area contributed by atoms with Crippen LogP contribution in [0.5, 0.6) is 11.5 Å². The number of hydrogen-bond donors (Lipinski definition) is 3. The van der Waals surface area contributed by atoms with E-state index < -0.39 is 0 Å². The highest BCUT2D eigenvalue weighted by atomic mass is 16.3. The molecule has 2 fully saturated rings. The van der Waals surface area contributed by atoms with E-state index in [4.69, 9.17) is 0 Å². The van der Waals surface area contributed by atoms with Gasteiger partial charge in [0.2, 0.25) is 0 Å². The zero-order chi connectivity index (χ0) is 14.1. The molecule has 3 rings (SSSR count). The minimum atomic E-state index is 0.119. The molecule has 0 aromatic heterocycles. The average Bonchev–Trinajstić information content (AvgIpc) is 3.12. The Balaban J connectivity index is 1.75. The first-order valence-electron chi connectivity index (χ1n) is 7.66. The maximum absolute atomic E-state index is 10.1. The molecule has 1 aromatic rings. The standard InChI is InChI=1S/C16H24N2O2/c1-11(15-7-6-14(19)9-16(15)20)18(13-4-5-13)10-12-3-2-8-17-12/h6-7,9,11-13,17,19-20H,2-5,8,10H2,1H3. The topological polar surface area (TPSA) is 55.7 Å². The zero-order valence-electron chi connectivity index (χ0n) is 12.0. The Morgan fingerprint density at radius 3 is 2.70 bits per heavy atom. The summed E-state index contributed by atoms with van der Waals surface area (Å²) in [5.41, 5.74) is 0.910. The average molecular weight is 276 g/mol. The van der Waals surface area contributed by atoms with E-state index in [1.165, 1.54) is 31.7 Å². The number of phenols is 2. The Hall–Kier alpha value is -1.26. The first kappa shape index (κ1) is 13.7. The summed E-state index contributed by atoms with van der Waals surface area (Å²) >= 11 is 0. The summed E-state index contributed by atoms with van der Waals surface area (Å²) in [7, 11) is 0. The third-order valence-corrected chi connectivity index (χ3v) is 4.57. The third-order valence-electron chi connectivity index (χ3n) is 4.57. The van der Waals surface area contributed by atoms with Gasteiger partial charge in [-0.15, -0.1) is 0 Å². The molecule has 1 heterocycles. The highest BCUT2D eigenvalue weighted by Gasteiger charge is 2.35. The second-order valence-electron chi connectivity index (χ2n) is 6.14. The monoisotopic (exact) mass is 276 g/mol. The Morgan fingerprint density at radius 1 is 1.30 bits per heavy atom. The van der Waals surface area contributed by atoms with Crippen LogP contribution >= 0.6 is 0 Å². The van der Waals surface area contributed by atoms with Gasteiger partial charge in [-0.25, -0.2) is 0 Å². The van der Waals surface area contributed by atoms with Gasteiger partial charge in [0.05, 0.1) is 0 Å². The van der Waals surface area contributed by atoms with Gasteiger partial charge in [0.15, 0.2) is 0 Å². The molecule has 4 nitrogen and oxygen atoms in total. The van der Waals surface area contributed by atoms with E-state index in [1.54, 1.807) is 6.07 Å². The molecule has 2 unspecified atom stereocenters. The maximum atomic E-state index is 10.1. The lowest BCUT2D eigenvalue weighted by atomic mass is 10.0. The molecule has 110 valence electrons. The lowest BCUT2D eigenvalue weighted by Gasteiger charge is -2.32. The third kappa shape index (κ3) is 2.91. The first-order valence-corrected chi connectivity index (χ1v) is 7.66. The fraction of sp³-hybridized carbons (Fsp3) is 0.625. The van der Waals surface area contributed by atoms with Crippen LogP contribution in [0.25, 0.3) is 0 Å². The molecule has 0 bridgehead atoms. The smallest absolute Gasteiger partial charge is 0.124 e. The molecule has 0 amide bonds. The van der Waals surface area contributed by atoms with Crippen molar-refractivity contribution in [3.63, 3.8) is 0 Å². The Kier molecular flexibility index (Phi) is 3.85. The highest BCUT2D eigenvalue weighted by molar-refractivity contribution is 5.40. The lowest BCUT2D eigenvalue weighted by Crippen LogP contribution is -2.40. The van der Waals surface area contributed by atoms with Crippen molar-refractivity contribution in [3.8, 4) is 11.5 Å². The van der Waals surface area contributed by atoms with Crippen molar-refractivity contribution in [1.82, 2.24) is 10.2 Å². The minimum Gasteiger partial charge on any atom is -0.508 e. The van der Waals surface area contributed by atoms with E-state index in [2.05, 4.69) is 17.1 Å². The van der Waals surface area contributed by atoms with Crippen LogP contribution in [-0.2, 0) is 0 Å². The Bertz CT molecular complexity index is 468. The van der Waals surface area contributed by atoms with Gasteiger partial charge in [-0.2, -0.15) is 0 Å². The van der Waals surface area contributed by atoms with Crippen molar-refractivity contribution in [1.29, 1.82) is 0 Å². The number of benzene rings is 1. The van der Waals surface area contributed by atoms with Gasteiger partial charge in [0.25, 0.3) is 0 Å². The number of rotatable bonds is 5. The SMILES string of the molecule is CC(c1ccc(O)cc1O)N(CC1CCCN1)C1CC1. The van der Waals surface area contributed by atoms with Crippen LogP contribution < -0.4 is 5.32 Å². The normalized spacial score (nSPS) is 24.2. The van der Waals surface area contributed by atoms with E-state index in [0.717, 1.165) is 18.7 Å². The van der Waals surface area contributed by atoms with Crippen LogP contribution in [0.2, 0.25) is 0 Å². The summed E-state index contributed by atoms with van der Waals surface area (Å²) in [6.45, 7) is 4.33. The molecule has 1 aliphatic heterocycles. The van der Waals surface area contributed by atoms with Crippen LogP contribution in [0.1, 0.15) is 44.2 Å². The molecule has 0 spiro atoms. The van der Waals surface area contributed by atoms with Gasteiger partial charge in [-0.05, 0) is 45.2 Å². The number of aromatic hydroxyl groups is 2. The van der Waals surface area contributed by atoms with E-state index in [-0.39, 0.29) is 17.5 Å². The Morgan fingerprint density at radius 2 is 2.10 bits per heavy atom. The largest absolute Gasteiger partial charge is 0.508 e. The Labute approximate surface area is 120 Å². The van der Waals surface area contributed by atoms with Gasteiger partial charge >= 0.3 is 0 Å². The molecule has 20 heavy (non-hydrogen) atoms. The van der Waals surface area contributed by atoms with Crippen molar-refractivity contribution in [3.05, 3.63) is 23.8 Å². The molecule has 1 aliphatic carbocycles. The summed E-state index contributed by atoms with van der Waals surface area (Å²) in [5.74, 6) is 0.316. The van der Waals surface area contributed by atoms with Gasteiger partial charge < -0.3 is 15.5 Å². The summed E-state index contributed by atoms with van der Waals surface area (Å²) in [6, 6.07) is 6.35. The molecule has 0 radical (unpaired) electrons. The van der Waals surface area contributed by atoms with Gasteiger partial charge in [0.1, 0.15) is 11.5 Å². The number of phenolic OH excluding ortho intramolecular Hbond substituents is 2. The second kappa shape index (κ2) is 5.62. The summed E-state index contributed by atoms with van der Waals surface area (Å²) in [5, 5.41) is 23.1. The van der Waals surface area contributed by atoms with Crippen molar-refractivity contribution in [2.75, 3.05) is 13.1 Å². The number of nitrogens with one attached hydrogen (secondary N) is 1. The molecular weight excluding hydrogens is 252 g/mol. The molecule has 2 aliphatic rings. The van der Waals surface area contributed by atoms with E-state index in [9.17, 15) is 10.2 Å². The molecule has 1 saturated carbocycles. The quantitative estimate of drug-likeness (QED) is 0.773. The van der Waals surface area contributed by atoms with Crippen molar-refractivity contribution in [2.24, 2.45) is 0 Å². The number of hydrogen-bond acceptors (Lipinski definition) is 4. The molecule has 3 N–H and O–H groups in total. The van der Waals surface area contributed by atoms with Crippen molar-refractivity contribution >= 4 is 0 Å². The predicted octanol–water partition coefficient (Wildman–Crippen LogP) is 2.38. The van der Waals surface area contributed by atoms with E-state index in [0.29, 0.717) is 12.1 Å². The summed E-state index contributed by atoms with van der Waals surface area (Å²) in [6.07, 6.45) is 5.03. The van der Waals surface area contributed by atoms with Gasteiger partial charge in [-0.3, -0.25) is 4.90 Å². The van der Waals surface area contributed by atoms with Crippen LogP contribution in [-0.4, -0.2) is 40.3 Å². The van der Waals surface area contributed by atoms with Crippen molar-refractivity contribution in [2.45, 2.75) is 50.7 Å². The zero-order valence-corrected chi connectivity index (χ0v) is 12.0. The van der Waals surface area contributed by atoms with Crippen LogP contribution in [0, 0.1) is 0 Å². The molecule has 2 atom stereocenters. The summed E-state index contributed by atoms with van der Waals surface area (Å²) in [4.78, 5) is 2.51. The van der Waals surface area contributed by atoms with Crippen molar-refractivity contribution < 1.29 is 10.2 Å². The van der Waals surface area contributed by atoms with Crippen LogP contribution in [0.15, 0.2) is 18.2 Å². The lowest BCUT2D eigenvalue weighted by molar-refractivity contribution is 0.179. The minimum absolute atomic E-state index is 0.119.